The largest absolute Gasteiger partial charge is 0.488 e. The first kappa shape index (κ1) is 12.3. The van der Waals surface area contributed by atoms with Crippen molar-refractivity contribution in [1.29, 1.82) is 0 Å². The highest BCUT2D eigenvalue weighted by atomic mass is 35.5. The lowest BCUT2D eigenvalue weighted by Gasteiger charge is -2.25. The molecule has 0 aromatic heterocycles. The van der Waals surface area contributed by atoms with Gasteiger partial charge >= 0.3 is 0 Å². The van der Waals surface area contributed by atoms with Crippen molar-refractivity contribution in [1.82, 2.24) is 4.90 Å². The van der Waals surface area contributed by atoms with Gasteiger partial charge in [0.15, 0.2) is 0 Å². The van der Waals surface area contributed by atoms with E-state index in [1.807, 2.05) is 18.2 Å². The van der Waals surface area contributed by atoms with Crippen molar-refractivity contribution in [2.75, 3.05) is 19.7 Å². The summed E-state index contributed by atoms with van der Waals surface area (Å²) >= 11 is 5.99. The zero-order valence-corrected chi connectivity index (χ0v) is 11.1. The van der Waals surface area contributed by atoms with E-state index in [1.165, 1.54) is 12.0 Å². The number of aliphatic hydroxyl groups is 1. The SMILES string of the molecule is OC[C@@H]1CCCN1CC1Cc2cc(Cl)ccc2O1. The minimum atomic E-state index is 0.200. The number of benzene rings is 1. The number of fused-ring (bicyclic) bond motifs is 1. The summed E-state index contributed by atoms with van der Waals surface area (Å²) in [6.45, 7) is 2.23. The van der Waals surface area contributed by atoms with Gasteiger partial charge in [0.05, 0.1) is 6.61 Å². The predicted octanol–water partition coefficient (Wildman–Crippen LogP) is 2.10. The first-order valence-corrected chi connectivity index (χ1v) is 6.94. The van der Waals surface area contributed by atoms with Crippen molar-refractivity contribution >= 4 is 11.6 Å². The van der Waals surface area contributed by atoms with Crippen molar-refractivity contribution in [3.05, 3.63) is 28.8 Å². The first-order valence-electron chi connectivity index (χ1n) is 6.56. The van der Waals surface area contributed by atoms with Crippen LogP contribution in [0.4, 0.5) is 0 Å². The number of hydrogen-bond donors (Lipinski definition) is 1. The summed E-state index contributed by atoms with van der Waals surface area (Å²) in [5, 5.41) is 10.1. The molecule has 1 N–H and O–H groups in total. The Hall–Kier alpha value is -0.770. The molecule has 0 saturated carbocycles. The van der Waals surface area contributed by atoms with E-state index in [0.717, 1.165) is 36.7 Å². The van der Waals surface area contributed by atoms with Crippen LogP contribution < -0.4 is 4.74 Å². The molecule has 1 fully saturated rings. The molecule has 18 heavy (non-hydrogen) atoms. The van der Waals surface area contributed by atoms with Crippen LogP contribution in [0.3, 0.4) is 0 Å². The van der Waals surface area contributed by atoms with Crippen LogP contribution in [0.15, 0.2) is 18.2 Å². The fraction of sp³-hybridized carbons (Fsp3) is 0.571. The summed E-state index contributed by atoms with van der Waals surface area (Å²) in [4.78, 5) is 2.35. The average molecular weight is 268 g/mol. The highest BCUT2D eigenvalue weighted by Crippen LogP contribution is 2.32. The molecule has 1 unspecified atom stereocenters. The van der Waals surface area contributed by atoms with Crippen LogP contribution in [-0.2, 0) is 6.42 Å². The van der Waals surface area contributed by atoms with Gasteiger partial charge in [0, 0.05) is 24.0 Å². The number of aliphatic hydroxyl groups excluding tert-OH is 1. The van der Waals surface area contributed by atoms with Crippen molar-refractivity contribution in [2.24, 2.45) is 0 Å². The zero-order chi connectivity index (χ0) is 12.5. The van der Waals surface area contributed by atoms with Gasteiger partial charge in [-0.05, 0) is 43.1 Å². The summed E-state index contributed by atoms with van der Waals surface area (Å²) in [5.41, 5.74) is 1.20. The first-order chi connectivity index (χ1) is 8.76. The van der Waals surface area contributed by atoms with Crippen LogP contribution >= 0.6 is 11.6 Å². The van der Waals surface area contributed by atoms with E-state index in [-0.39, 0.29) is 12.7 Å². The smallest absolute Gasteiger partial charge is 0.123 e. The van der Waals surface area contributed by atoms with Crippen LogP contribution in [0.2, 0.25) is 5.02 Å². The molecule has 1 aromatic carbocycles. The van der Waals surface area contributed by atoms with Crippen molar-refractivity contribution in [3.8, 4) is 5.75 Å². The minimum absolute atomic E-state index is 0.200. The summed E-state index contributed by atoms with van der Waals surface area (Å²) in [5.74, 6) is 0.962. The van der Waals surface area contributed by atoms with Crippen LogP contribution in [0, 0.1) is 0 Å². The quantitative estimate of drug-likeness (QED) is 0.910. The minimum Gasteiger partial charge on any atom is -0.488 e. The van der Waals surface area contributed by atoms with Crippen LogP contribution in [0.25, 0.3) is 0 Å². The Bertz CT molecular complexity index is 438. The maximum Gasteiger partial charge on any atom is 0.123 e. The molecule has 1 saturated heterocycles. The molecule has 0 spiro atoms. The summed E-state index contributed by atoms with van der Waals surface area (Å²) < 4.78 is 5.93. The maximum atomic E-state index is 9.32. The third-order valence-electron chi connectivity index (χ3n) is 3.91. The Balaban J connectivity index is 1.64. The van der Waals surface area contributed by atoms with Crippen molar-refractivity contribution < 1.29 is 9.84 Å². The number of ether oxygens (including phenoxy) is 1. The Morgan fingerprint density at radius 2 is 2.33 bits per heavy atom. The Morgan fingerprint density at radius 1 is 1.44 bits per heavy atom. The highest BCUT2D eigenvalue weighted by molar-refractivity contribution is 6.30. The fourth-order valence-corrected chi connectivity index (χ4v) is 3.19. The standard InChI is InChI=1S/C14H18ClNO2/c15-11-3-4-14-10(6-11)7-13(18-14)8-16-5-1-2-12(16)9-17/h3-4,6,12-13,17H,1-2,5,7-9H2/t12-,13?/m0/s1. The van der Waals surface area contributed by atoms with Gasteiger partial charge in [-0.25, -0.2) is 0 Å². The van der Waals surface area contributed by atoms with Gasteiger partial charge in [0.25, 0.3) is 0 Å². The van der Waals surface area contributed by atoms with E-state index in [4.69, 9.17) is 16.3 Å². The van der Waals surface area contributed by atoms with Gasteiger partial charge in [-0.15, -0.1) is 0 Å². The van der Waals surface area contributed by atoms with Gasteiger partial charge in [0.2, 0.25) is 0 Å². The molecular formula is C14H18ClNO2. The van der Waals surface area contributed by atoms with Crippen molar-refractivity contribution in [2.45, 2.75) is 31.4 Å². The Labute approximate surface area is 112 Å². The molecule has 1 aromatic rings. The van der Waals surface area contributed by atoms with E-state index in [2.05, 4.69) is 4.90 Å². The summed E-state index contributed by atoms with van der Waals surface area (Å²) in [7, 11) is 0. The summed E-state index contributed by atoms with van der Waals surface area (Å²) in [6.07, 6.45) is 3.40. The molecule has 4 heteroatoms. The summed E-state index contributed by atoms with van der Waals surface area (Å²) in [6, 6.07) is 6.13. The number of rotatable bonds is 3. The number of likely N-dealkylation sites (tertiary alicyclic amines) is 1. The van der Waals surface area contributed by atoms with Crippen LogP contribution in [0.5, 0.6) is 5.75 Å². The lowest BCUT2D eigenvalue weighted by atomic mass is 10.1. The molecule has 3 nitrogen and oxygen atoms in total. The second kappa shape index (κ2) is 5.08. The van der Waals surface area contributed by atoms with Crippen molar-refractivity contribution in [3.63, 3.8) is 0 Å². The lowest BCUT2D eigenvalue weighted by molar-refractivity contribution is 0.109. The molecular weight excluding hydrogens is 250 g/mol. The Morgan fingerprint density at radius 3 is 3.17 bits per heavy atom. The molecule has 0 bridgehead atoms. The topological polar surface area (TPSA) is 32.7 Å². The average Bonchev–Trinajstić information content (AvgIpc) is 2.94. The second-order valence-corrected chi connectivity index (χ2v) is 5.61. The number of nitrogens with zero attached hydrogens (tertiary/aromatic N) is 1. The highest BCUT2D eigenvalue weighted by Gasteiger charge is 2.30. The third-order valence-corrected chi connectivity index (χ3v) is 4.15. The van der Waals surface area contributed by atoms with E-state index < -0.39 is 0 Å². The Kier molecular flexibility index (Phi) is 3.46. The van der Waals surface area contributed by atoms with Gasteiger partial charge in [-0.1, -0.05) is 11.6 Å². The van der Waals surface area contributed by atoms with E-state index in [0.29, 0.717) is 6.04 Å². The zero-order valence-electron chi connectivity index (χ0n) is 10.3. The maximum absolute atomic E-state index is 9.32. The normalized spacial score (nSPS) is 27.2. The molecule has 0 radical (unpaired) electrons. The third kappa shape index (κ3) is 2.35. The lowest BCUT2D eigenvalue weighted by Crippen LogP contribution is -2.39. The van der Waals surface area contributed by atoms with E-state index >= 15 is 0 Å². The van der Waals surface area contributed by atoms with E-state index in [9.17, 15) is 5.11 Å². The van der Waals surface area contributed by atoms with E-state index in [1.54, 1.807) is 0 Å². The van der Waals surface area contributed by atoms with Gasteiger partial charge in [0.1, 0.15) is 11.9 Å². The molecule has 2 atom stereocenters. The molecule has 3 rings (SSSR count). The molecule has 0 amide bonds. The predicted molar refractivity (Wildman–Crippen MR) is 71.3 cm³/mol. The van der Waals surface area contributed by atoms with Gasteiger partial charge in [-0.3, -0.25) is 4.90 Å². The van der Waals surface area contributed by atoms with Crippen LogP contribution in [-0.4, -0.2) is 41.8 Å². The number of hydrogen-bond acceptors (Lipinski definition) is 3. The van der Waals surface area contributed by atoms with Crippen LogP contribution in [0.1, 0.15) is 18.4 Å². The monoisotopic (exact) mass is 267 g/mol. The molecule has 2 heterocycles. The molecule has 2 aliphatic rings. The second-order valence-electron chi connectivity index (χ2n) is 5.17. The fourth-order valence-electron chi connectivity index (χ4n) is 2.99. The molecule has 98 valence electrons. The van der Waals surface area contributed by atoms with Gasteiger partial charge < -0.3 is 9.84 Å². The number of halogens is 1. The molecule has 0 aliphatic carbocycles. The molecule has 2 aliphatic heterocycles. The van der Waals surface area contributed by atoms with Gasteiger partial charge in [-0.2, -0.15) is 0 Å².